The zero-order chi connectivity index (χ0) is 16.3. The summed E-state index contributed by atoms with van der Waals surface area (Å²) >= 11 is 11.9. The van der Waals surface area contributed by atoms with Crippen LogP contribution in [0.4, 0.5) is 0 Å². The molecule has 1 aromatic rings. The van der Waals surface area contributed by atoms with Gasteiger partial charge in [-0.1, -0.05) is 23.2 Å². The number of hydrogen-bond acceptors (Lipinski definition) is 3. The maximum atomic E-state index is 12.4. The van der Waals surface area contributed by atoms with Crippen LogP contribution in [0.1, 0.15) is 19.8 Å². The van der Waals surface area contributed by atoms with Gasteiger partial charge in [0, 0.05) is 24.0 Å². The minimum atomic E-state index is -0.663. The molecule has 7 heteroatoms. The Balaban J connectivity index is 1.94. The molecule has 1 unspecified atom stereocenters. The molecule has 1 atom stereocenters. The lowest BCUT2D eigenvalue weighted by Crippen LogP contribution is -2.46. The normalized spacial score (nSPS) is 17.1. The second-order valence-corrected chi connectivity index (χ2v) is 6.18. The number of carbonyl (C=O) groups excluding carboxylic acids is 2. The van der Waals surface area contributed by atoms with Crippen LogP contribution in [0, 0.1) is 5.92 Å². The van der Waals surface area contributed by atoms with Crippen molar-refractivity contribution < 1.29 is 14.3 Å². The van der Waals surface area contributed by atoms with Crippen molar-refractivity contribution in [3.05, 3.63) is 28.2 Å². The lowest BCUT2D eigenvalue weighted by molar-refractivity contribution is -0.140. The van der Waals surface area contributed by atoms with Gasteiger partial charge < -0.3 is 15.4 Å². The molecule has 120 valence electrons. The molecule has 0 saturated carbocycles. The highest BCUT2D eigenvalue weighted by atomic mass is 35.5. The van der Waals surface area contributed by atoms with Gasteiger partial charge in [-0.25, -0.2) is 0 Å². The fourth-order valence-corrected chi connectivity index (χ4v) is 2.91. The molecule has 2 amide bonds. The molecule has 1 aliphatic heterocycles. The molecule has 5 nitrogen and oxygen atoms in total. The number of primary amides is 1. The predicted molar refractivity (Wildman–Crippen MR) is 85.1 cm³/mol. The second-order valence-electron chi connectivity index (χ2n) is 5.34. The van der Waals surface area contributed by atoms with Crippen LogP contribution in [0.15, 0.2) is 18.2 Å². The van der Waals surface area contributed by atoms with E-state index in [9.17, 15) is 9.59 Å². The number of carbonyl (C=O) groups is 2. The molecule has 0 spiro atoms. The monoisotopic (exact) mass is 344 g/mol. The van der Waals surface area contributed by atoms with Gasteiger partial charge in [0.15, 0.2) is 6.10 Å². The largest absolute Gasteiger partial charge is 0.479 e. The zero-order valence-electron chi connectivity index (χ0n) is 12.2. The molecule has 2 N–H and O–H groups in total. The minimum absolute atomic E-state index is 0.131. The molecule has 1 saturated heterocycles. The van der Waals surface area contributed by atoms with Crippen molar-refractivity contribution >= 4 is 35.0 Å². The van der Waals surface area contributed by atoms with E-state index in [0.29, 0.717) is 41.7 Å². The standard InChI is InChI=1S/C15H18Cl2N2O3/c1-9(22-13-3-2-11(16)8-12(13)17)15(21)19-6-4-10(5-7-19)14(18)20/h2-3,8-10H,4-7H2,1H3,(H2,18,20). The lowest BCUT2D eigenvalue weighted by atomic mass is 9.96. The topological polar surface area (TPSA) is 72.6 Å². The minimum Gasteiger partial charge on any atom is -0.479 e. The van der Waals surface area contributed by atoms with Crippen LogP contribution in [0.5, 0.6) is 5.75 Å². The highest BCUT2D eigenvalue weighted by molar-refractivity contribution is 6.35. The molecule has 0 bridgehead atoms. The first-order valence-electron chi connectivity index (χ1n) is 7.08. The van der Waals surface area contributed by atoms with Crippen LogP contribution in [0.2, 0.25) is 10.0 Å². The fourth-order valence-electron chi connectivity index (χ4n) is 2.45. The molecule has 0 radical (unpaired) electrons. The van der Waals surface area contributed by atoms with Crippen molar-refractivity contribution in [3.8, 4) is 5.75 Å². The number of halogens is 2. The number of piperidine rings is 1. The van der Waals surface area contributed by atoms with Crippen LogP contribution in [0.25, 0.3) is 0 Å². The highest BCUT2D eigenvalue weighted by Gasteiger charge is 2.29. The molecule has 22 heavy (non-hydrogen) atoms. The SMILES string of the molecule is CC(Oc1ccc(Cl)cc1Cl)C(=O)N1CCC(C(N)=O)CC1. The highest BCUT2D eigenvalue weighted by Crippen LogP contribution is 2.28. The van der Waals surface area contributed by atoms with Crippen molar-refractivity contribution in [1.29, 1.82) is 0 Å². The number of nitrogens with zero attached hydrogens (tertiary/aromatic N) is 1. The summed E-state index contributed by atoms with van der Waals surface area (Å²) in [5.41, 5.74) is 5.29. The number of hydrogen-bond donors (Lipinski definition) is 1. The summed E-state index contributed by atoms with van der Waals surface area (Å²) in [4.78, 5) is 25.2. The van der Waals surface area contributed by atoms with E-state index >= 15 is 0 Å². The van der Waals surface area contributed by atoms with E-state index in [-0.39, 0.29) is 17.7 Å². The van der Waals surface area contributed by atoms with Crippen LogP contribution in [0.3, 0.4) is 0 Å². The number of rotatable bonds is 4. The third-order valence-corrected chi connectivity index (χ3v) is 4.28. The zero-order valence-corrected chi connectivity index (χ0v) is 13.7. The van der Waals surface area contributed by atoms with Crippen LogP contribution in [-0.2, 0) is 9.59 Å². The molecule has 0 aromatic heterocycles. The van der Waals surface area contributed by atoms with Crippen LogP contribution in [-0.4, -0.2) is 35.9 Å². The van der Waals surface area contributed by atoms with Gasteiger partial charge >= 0.3 is 0 Å². The third kappa shape index (κ3) is 4.05. The lowest BCUT2D eigenvalue weighted by Gasteiger charge is -2.32. The van der Waals surface area contributed by atoms with Crippen LogP contribution >= 0.6 is 23.2 Å². The number of nitrogens with two attached hydrogens (primary N) is 1. The Morgan fingerprint density at radius 3 is 2.50 bits per heavy atom. The van der Waals surface area contributed by atoms with E-state index in [4.69, 9.17) is 33.7 Å². The number of ether oxygens (including phenoxy) is 1. The maximum absolute atomic E-state index is 12.4. The fraction of sp³-hybridized carbons (Fsp3) is 0.467. The Hall–Kier alpha value is -1.46. The summed E-state index contributed by atoms with van der Waals surface area (Å²) < 4.78 is 5.62. The van der Waals surface area contributed by atoms with Gasteiger partial charge in [-0.2, -0.15) is 0 Å². The first-order valence-corrected chi connectivity index (χ1v) is 7.84. The quantitative estimate of drug-likeness (QED) is 0.911. The first-order chi connectivity index (χ1) is 10.4. The van der Waals surface area contributed by atoms with Gasteiger partial charge in [0.2, 0.25) is 5.91 Å². The van der Waals surface area contributed by atoms with Gasteiger partial charge in [0.25, 0.3) is 5.91 Å². The van der Waals surface area contributed by atoms with Gasteiger partial charge in [0.1, 0.15) is 5.75 Å². The van der Waals surface area contributed by atoms with Gasteiger partial charge in [-0.15, -0.1) is 0 Å². The van der Waals surface area contributed by atoms with Crippen molar-refractivity contribution in [2.45, 2.75) is 25.9 Å². The predicted octanol–water partition coefficient (Wildman–Crippen LogP) is 2.48. The molecule has 1 aliphatic rings. The maximum Gasteiger partial charge on any atom is 0.263 e. The van der Waals surface area contributed by atoms with E-state index in [1.807, 2.05) is 0 Å². The smallest absolute Gasteiger partial charge is 0.263 e. The summed E-state index contributed by atoms with van der Waals surface area (Å²) in [6.07, 6.45) is 0.522. The molecule has 2 rings (SSSR count). The van der Waals surface area contributed by atoms with Gasteiger partial charge in [-0.3, -0.25) is 9.59 Å². The molecule has 1 aromatic carbocycles. The van der Waals surface area contributed by atoms with Crippen molar-refractivity contribution in [2.24, 2.45) is 11.7 Å². The molecular formula is C15H18Cl2N2O3. The molecule has 0 aliphatic carbocycles. The summed E-state index contributed by atoms with van der Waals surface area (Å²) in [6, 6.07) is 4.85. The third-order valence-electron chi connectivity index (χ3n) is 3.75. The Morgan fingerprint density at radius 1 is 1.32 bits per heavy atom. The first kappa shape index (κ1) is 16.9. The van der Waals surface area contributed by atoms with Crippen LogP contribution < -0.4 is 10.5 Å². The Bertz CT molecular complexity index is 572. The average molecular weight is 345 g/mol. The van der Waals surface area contributed by atoms with E-state index < -0.39 is 6.10 Å². The van der Waals surface area contributed by atoms with E-state index in [0.717, 1.165) is 0 Å². The summed E-state index contributed by atoms with van der Waals surface area (Å²) in [6.45, 7) is 2.69. The van der Waals surface area contributed by atoms with Crippen molar-refractivity contribution in [2.75, 3.05) is 13.1 Å². The van der Waals surface area contributed by atoms with Crippen molar-refractivity contribution in [3.63, 3.8) is 0 Å². The Morgan fingerprint density at radius 2 is 1.95 bits per heavy atom. The molecular weight excluding hydrogens is 327 g/mol. The Labute approximate surface area is 139 Å². The Kier molecular flexibility index (Phi) is 5.53. The number of likely N-dealkylation sites (tertiary alicyclic amines) is 1. The van der Waals surface area contributed by atoms with Gasteiger partial charge in [0.05, 0.1) is 5.02 Å². The second kappa shape index (κ2) is 7.20. The number of benzene rings is 1. The van der Waals surface area contributed by atoms with E-state index in [1.165, 1.54) is 0 Å². The van der Waals surface area contributed by atoms with Gasteiger partial charge in [-0.05, 0) is 38.0 Å². The molecule has 1 heterocycles. The number of amides is 2. The van der Waals surface area contributed by atoms with E-state index in [1.54, 1.807) is 30.0 Å². The summed E-state index contributed by atoms with van der Waals surface area (Å²) in [7, 11) is 0. The van der Waals surface area contributed by atoms with Crippen molar-refractivity contribution in [1.82, 2.24) is 4.90 Å². The average Bonchev–Trinajstić information content (AvgIpc) is 2.49. The van der Waals surface area contributed by atoms with E-state index in [2.05, 4.69) is 0 Å². The summed E-state index contributed by atoms with van der Waals surface area (Å²) in [5.74, 6) is -0.164. The molecule has 1 fully saturated rings. The summed E-state index contributed by atoms with van der Waals surface area (Å²) in [5, 5.41) is 0.865.